The molecule has 0 fully saturated rings. The number of carbonyl (C=O) groups excluding carboxylic acids is 1. The van der Waals surface area contributed by atoms with E-state index in [-0.39, 0.29) is 5.91 Å². The van der Waals surface area contributed by atoms with E-state index in [1.165, 1.54) is 0 Å². The van der Waals surface area contributed by atoms with Gasteiger partial charge in [-0.05, 0) is 19.8 Å². The summed E-state index contributed by atoms with van der Waals surface area (Å²) in [4.78, 5) is 11.2. The molecule has 2 N–H and O–H groups in total. The van der Waals surface area contributed by atoms with Crippen molar-refractivity contribution in [2.75, 3.05) is 6.54 Å². The first-order valence-corrected chi connectivity index (χ1v) is 4.42. The van der Waals surface area contributed by atoms with Gasteiger partial charge in [-0.15, -0.1) is 0 Å². The molecule has 3 nitrogen and oxygen atoms in total. The summed E-state index contributed by atoms with van der Waals surface area (Å²) >= 11 is 0. The topological polar surface area (TPSA) is 41.1 Å². The van der Waals surface area contributed by atoms with Gasteiger partial charge in [0.25, 0.3) is 5.91 Å². The first-order chi connectivity index (χ1) is 5.72. The van der Waals surface area contributed by atoms with Crippen molar-refractivity contribution in [3.8, 4) is 0 Å². The molecule has 1 amide bonds. The van der Waals surface area contributed by atoms with Gasteiger partial charge in [0.1, 0.15) is 0 Å². The summed E-state index contributed by atoms with van der Waals surface area (Å²) in [5.41, 5.74) is 6.21. The summed E-state index contributed by atoms with van der Waals surface area (Å²) in [5.74, 6) is -0.0368. The molecule has 0 radical (unpaired) electrons. The van der Waals surface area contributed by atoms with Gasteiger partial charge in [-0.1, -0.05) is 19.9 Å². The van der Waals surface area contributed by atoms with Crippen molar-refractivity contribution < 1.29 is 4.79 Å². The first kappa shape index (κ1) is 11.2. The zero-order chi connectivity index (χ0) is 9.40. The van der Waals surface area contributed by atoms with E-state index in [2.05, 4.69) is 10.9 Å². The molecule has 0 aromatic rings. The molecule has 0 unspecified atom stereocenters. The number of hydrogen-bond donors (Lipinski definition) is 2. The minimum atomic E-state index is -0.0368. The SMILES string of the molecule is CCC=C(C)C(=O)NNCCC. The zero-order valence-corrected chi connectivity index (χ0v) is 8.11. The molecular formula is C9H18N2O. The zero-order valence-electron chi connectivity index (χ0n) is 8.11. The van der Waals surface area contributed by atoms with Crippen LogP contribution in [0.25, 0.3) is 0 Å². The fraction of sp³-hybridized carbons (Fsp3) is 0.667. The fourth-order valence-electron chi connectivity index (χ4n) is 0.765. The summed E-state index contributed by atoms with van der Waals surface area (Å²) in [5, 5.41) is 0. The predicted molar refractivity (Wildman–Crippen MR) is 50.5 cm³/mol. The van der Waals surface area contributed by atoms with Crippen LogP contribution >= 0.6 is 0 Å². The van der Waals surface area contributed by atoms with Crippen LogP contribution in [0.1, 0.15) is 33.6 Å². The van der Waals surface area contributed by atoms with E-state index >= 15 is 0 Å². The van der Waals surface area contributed by atoms with Gasteiger partial charge in [-0.2, -0.15) is 0 Å². The maximum atomic E-state index is 11.2. The average Bonchev–Trinajstić information content (AvgIpc) is 2.05. The summed E-state index contributed by atoms with van der Waals surface area (Å²) < 4.78 is 0. The first-order valence-electron chi connectivity index (χ1n) is 4.42. The molecule has 0 bridgehead atoms. The smallest absolute Gasteiger partial charge is 0.260 e. The molecule has 3 heteroatoms. The Labute approximate surface area is 74.2 Å². The average molecular weight is 170 g/mol. The highest BCUT2D eigenvalue weighted by Crippen LogP contribution is 1.93. The molecule has 0 aliphatic rings. The Bertz CT molecular complexity index is 164. The molecule has 0 aliphatic carbocycles. The maximum absolute atomic E-state index is 11.2. The van der Waals surface area contributed by atoms with Crippen LogP contribution in [0.3, 0.4) is 0 Å². The van der Waals surface area contributed by atoms with Gasteiger partial charge in [-0.25, -0.2) is 5.43 Å². The fourth-order valence-corrected chi connectivity index (χ4v) is 0.765. The third-order valence-corrected chi connectivity index (χ3v) is 1.45. The Morgan fingerprint density at radius 3 is 2.58 bits per heavy atom. The normalized spacial score (nSPS) is 11.4. The third-order valence-electron chi connectivity index (χ3n) is 1.45. The quantitative estimate of drug-likeness (QED) is 0.372. The number of rotatable bonds is 5. The van der Waals surface area contributed by atoms with Gasteiger partial charge in [0.15, 0.2) is 0 Å². The Balaban J connectivity index is 3.64. The minimum absolute atomic E-state index is 0.0368. The monoisotopic (exact) mass is 170 g/mol. The second-order valence-corrected chi connectivity index (χ2v) is 2.68. The second-order valence-electron chi connectivity index (χ2n) is 2.68. The molecule has 0 saturated carbocycles. The van der Waals surface area contributed by atoms with Crippen LogP contribution < -0.4 is 10.9 Å². The van der Waals surface area contributed by atoms with Crippen LogP contribution in [0.4, 0.5) is 0 Å². The van der Waals surface area contributed by atoms with Crippen molar-refractivity contribution in [1.82, 2.24) is 10.9 Å². The van der Waals surface area contributed by atoms with Crippen molar-refractivity contribution >= 4 is 5.91 Å². The lowest BCUT2D eigenvalue weighted by atomic mass is 10.2. The predicted octanol–water partition coefficient (Wildman–Crippen LogP) is 1.37. The van der Waals surface area contributed by atoms with E-state index in [1.807, 2.05) is 26.8 Å². The summed E-state index contributed by atoms with van der Waals surface area (Å²) in [6, 6.07) is 0. The maximum Gasteiger partial charge on any atom is 0.260 e. The van der Waals surface area contributed by atoms with Crippen LogP contribution in [0.2, 0.25) is 0 Å². The summed E-state index contributed by atoms with van der Waals surface area (Å²) in [6.45, 7) is 6.68. The van der Waals surface area contributed by atoms with Gasteiger partial charge in [0.05, 0.1) is 0 Å². The molecule has 0 spiro atoms. The number of nitrogens with one attached hydrogen (secondary N) is 2. The van der Waals surface area contributed by atoms with E-state index in [4.69, 9.17) is 0 Å². The van der Waals surface area contributed by atoms with Crippen molar-refractivity contribution in [2.45, 2.75) is 33.6 Å². The summed E-state index contributed by atoms with van der Waals surface area (Å²) in [7, 11) is 0. The Kier molecular flexibility index (Phi) is 6.38. The summed E-state index contributed by atoms with van der Waals surface area (Å²) in [6.07, 6.45) is 3.81. The second kappa shape index (κ2) is 6.85. The van der Waals surface area contributed by atoms with Crippen LogP contribution in [0.5, 0.6) is 0 Å². The van der Waals surface area contributed by atoms with E-state index < -0.39 is 0 Å². The lowest BCUT2D eigenvalue weighted by Gasteiger charge is -2.05. The highest BCUT2D eigenvalue weighted by molar-refractivity contribution is 5.92. The molecule has 70 valence electrons. The van der Waals surface area contributed by atoms with Gasteiger partial charge in [0, 0.05) is 12.1 Å². The Hall–Kier alpha value is -0.830. The van der Waals surface area contributed by atoms with E-state index in [1.54, 1.807) is 0 Å². The molecule has 0 atom stereocenters. The van der Waals surface area contributed by atoms with Crippen LogP contribution in [-0.4, -0.2) is 12.5 Å². The largest absolute Gasteiger partial charge is 0.288 e. The molecule has 0 heterocycles. The van der Waals surface area contributed by atoms with Crippen LogP contribution in [0, 0.1) is 0 Å². The van der Waals surface area contributed by atoms with E-state index in [0.29, 0.717) is 0 Å². The minimum Gasteiger partial charge on any atom is -0.288 e. The molecule has 0 aromatic heterocycles. The van der Waals surface area contributed by atoms with Gasteiger partial charge in [0.2, 0.25) is 0 Å². The Morgan fingerprint density at radius 1 is 1.42 bits per heavy atom. The molecule has 0 aromatic carbocycles. The van der Waals surface area contributed by atoms with Gasteiger partial charge >= 0.3 is 0 Å². The third kappa shape index (κ3) is 4.91. The van der Waals surface area contributed by atoms with Gasteiger partial charge < -0.3 is 0 Å². The van der Waals surface area contributed by atoms with Crippen molar-refractivity contribution in [1.29, 1.82) is 0 Å². The number of allylic oxidation sites excluding steroid dienone is 1. The van der Waals surface area contributed by atoms with Crippen LogP contribution in [-0.2, 0) is 4.79 Å². The number of hydrogen-bond acceptors (Lipinski definition) is 2. The number of amides is 1. The molecule has 0 rings (SSSR count). The highest BCUT2D eigenvalue weighted by atomic mass is 16.2. The highest BCUT2D eigenvalue weighted by Gasteiger charge is 2.00. The van der Waals surface area contributed by atoms with Crippen molar-refractivity contribution in [3.63, 3.8) is 0 Å². The van der Waals surface area contributed by atoms with Gasteiger partial charge in [-0.3, -0.25) is 10.2 Å². The van der Waals surface area contributed by atoms with Crippen LogP contribution in [0.15, 0.2) is 11.6 Å². The molecule has 0 aliphatic heterocycles. The van der Waals surface area contributed by atoms with Crippen molar-refractivity contribution in [3.05, 3.63) is 11.6 Å². The molecular weight excluding hydrogens is 152 g/mol. The lowest BCUT2D eigenvalue weighted by Crippen LogP contribution is -2.38. The Morgan fingerprint density at radius 2 is 2.08 bits per heavy atom. The van der Waals surface area contributed by atoms with Crippen molar-refractivity contribution in [2.24, 2.45) is 0 Å². The number of hydrazine groups is 1. The molecule has 12 heavy (non-hydrogen) atoms. The van der Waals surface area contributed by atoms with E-state index in [0.717, 1.165) is 25.0 Å². The number of carbonyl (C=O) groups is 1. The van der Waals surface area contributed by atoms with E-state index in [9.17, 15) is 4.79 Å². The molecule has 0 saturated heterocycles. The standard InChI is InChI=1S/C9H18N2O/c1-4-6-8(3)9(12)11-10-7-5-2/h6,10H,4-5,7H2,1-3H3,(H,11,12). The lowest BCUT2D eigenvalue weighted by molar-refractivity contribution is -0.118.